The van der Waals surface area contributed by atoms with E-state index in [1.807, 2.05) is 0 Å². The first-order valence-electron chi connectivity index (χ1n) is 5.35. The van der Waals surface area contributed by atoms with Gasteiger partial charge in [-0.1, -0.05) is 17.7 Å². The van der Waals surface area contributed by atoms with Gasteiger partial charge in [-0.3, -0.25) is 4.79 Å². The smallest absolute Gasteiger partial charge is 0.197 e. The Kier molecular flexibility index (Phi) is 3.62. The Balaban J connectivity index is 2.53. The number of carbonyl (C=O) groups excluding carboxylic acids is 1. The molecular formula is C14H8ClF3O. The molecule has 19 heavy (non-hydrogen) atoms. The van der Waals surface area contributed by atoms with Crippen molar-refractivity contribution in [1.29, 1.82) is 0 Å². The molecule has 0 saturated carbocycles. The average Bonchev–Trinajstić information content (AvgIpc) is 2.33. The minimum absolute atomic E-state index is 0.237. The lowest BCUT2D eigenvalue weighted by atomic mass is 10.0. The van der Waals surface area contributed by atoms with Crippen molar-refractivity contribution in [3.05, 3.63) is 69.5 Å². The second-order valence-corrected chi connectivity index (χ2v) is 4.47. The minimum Gasteiger partial charge on any atom is -0.288 e. The van der Waals surface area contributed by atoms with E-state index in [1.54, 1.807) is 13.0 Å². The molecule has 2 aromatic carbocycles. The summed E-state index contributed by atoms with van der Waals surface area (Å²) in [6.45, 7) is 1.67. The van der Waals surface area contributed by atoms with Crippen LogP contribution in [0.1, 0.15) is 21.5 Å². The molecule has 1 nitrogen and oxygen atoms in total. The summed E-state index contributed by atoms with van der Waals surface area (Å²) in [6.07, 6.45) is 0. The first-order chi connectivity index (χ1) is 8.90. The molecule has 5 heteroatoms. The molecule has 0 amide bonds. The molecule has 0 aliphatic rings. The lowest BCUT2D eigenvalue weighted by Gasteiger charge is -2.06. The number of hydrogen-bond acceptors (Lipinski definition) is 1. The van der Waals surface area contributed by atoms with Crippen LogP contribution in [0.15, 0.2) is 30.3 Å². The maximum atomic E-state index is 13.7. The van der Waals surface area contributed by atoms with Gasteiger partial charge in [0.05, 0.1) is 10.6 Å². The Morgan fingerprint density at radius 1 is 0.947 bits per heavy atom. The largest absolute Gasteiger partial charge is 0.288 e. The average molecular weight is 285 g/mol. The predicted molar refractivity (Wildman–Crippen MR) is 65.9 cm³/mol. The number of carbonyl (C=O) groups is 1. The Bertz CT molecular complexity index is 668. The molecule has 0 radical (unpaired) electrons. The molecule has 0 saturated heterocycles. The molecule has 2 rings (SSSR count). The number of rotatable bonds is 2. The molecule has 98 valence electrons. The highest BCUT2D eigenvalue weighted by molar-refractivity contribution is 6.35. The zero-order valence-electron chi connectivity index (χ0n) is 9.81. The van der Waals surface area contributed by atoms with Crippen LogP contribution in [0.4, 0.5) is 13.2 Å². The normalized spacial score (nSPS) is 10.6. The van der Waals surface area contributed by atoms with Crippen LogP contribution in [0, 0.1) is 24.4 Å². The van der Waals surface area contributed by atoms with Crippen molar-refractivity contribution >= 4 is 17.4 Å². The van der Waals surface area contributed by atoms with Gasteiger partial charge in [-0.05, 0) is 36.8 Å². The van der Waals surface area contributed by atoms with Crippen LogP contribution >= 0.6 is 11.6 Å². The van der Waals surface area contributed by atoms with Crippen LogP contribution in [0.2, 0.25) is 5.02 Å². The van der Waals surface area contributed by atoms with Crippen LogP contribution in [0.25, 0.3) is 0 Å². The first-order valence-corrected chi connectivity index (χ1v) is 5.73. The van der Waals surface area contributed by atoms with E-state index in [0.29, 0.717) is 17.7 Å². The maximum absolute atomic E-state index is 13.7. The van der Waals surface area contributed by atoms with Gasteiger partial charge < -0.3 is 0 Å². The molecule has 0 aliphatic heterocycles. The van der Waals surface area contributed by atoms with E-state index < -0.39 is 23.2 Å². The van der Waals surface area contributed by atoms with Crippen molar-refractivity contribution in [3.63, 3.8) is 0 Å². The fourth-order valence-electron chi connectivity index (χ4n) is 1.65. The Morgan fingerprint density at radius 2 is 1.58 bits per heavy atom. The molecule has 0 aromatic heterocycles. The third-order valence-corrected chi connectivity index (χ3v) is 2.94. The van der Waals surface area contributed by atoms with Crippen LogP contribution in [-0.4, -0.2) is 5.78 Å². The number of halogens is 4. The zero-order valence-corrected chi connectivity index (χ0v) is 10.6. The van der Waals surface area contributed by atoms with Crippen molar-refractivity contribution in [1.82, 2.24) is 0 Å². The van der Waals surface area contributed by atoms with Crippen molar-refractivity contribution < 1.29 is 18.0 Å². The van der Waals surface area contributed by atoms with Crippen molar-refractivity contribution in [2.75, 3.05) is 0 Å². The fourth-order valence-corrected chi connectivity index (χ4v) is 1.88. The summed E-state index contributed by atoms with van der Waals surface area (Å²) in [7, 11) is 0. The van der Waals surface area contributed by atoms with E-state index in [0.717, 1.165) is 0 Å². The van der Waals surface area contributed by atoms with Crippen molar-refractivity contribution in [3.8, 4) is 0 Å². The Labute approximate surface area is 112 Å². The highest BCUT2D eigenvalue weighted by Gasteiger charge is 2.19. The summed E-state index contributed by atoms with van der Waals surface area (Å²) in [5.41, 5.74) is 0.132. The molecule has 0 aliphatic carbocycles. The standard InChI is InChI=1S/C14H8ClF3O/c1-7-2-3-8(11(16)4-7)14(19)9-5-12(17)13(18)6-10(9)15/h2-6H,1H3. The summed E-state index contributed by atoms with van der Waals surface area (Å²) in [6, 6.07) is 5.37. The second-order valence-electron chi connectivity index (χ2n) is 4.06. The van der Waals surface area contributed by atoms with Gasteiger partial charge in [-0.2, -0.15) is 0 Å². The van der Waals surface area contributed by atoms with E-state index in [4.69, 9.17) is 11.6 Å². The number of benzene rings is 2. The molecule has 0 heterocycles. The number of aryl methyl sites for hydroxylation is 1. The lowest BCUT2D eigenvalue weighted by Crippen LogP contribution is -2.06. The summed E-state index contributed by atoms with van der Waals surface area (Å²) in [4.78, 5) is 12.0. The molecule has 0 unspecified atom stereocenters. The van der Waals surface area contributed by atoms with Gasteiger partial charge in [0.25, 0.3) is 0 Å². The molecule has 0 atom stereocenters. The topological polar surface area (TPSA) is 17.1 Å². The lowest BCUT2D eigenvalue weighted by molar-refractivity contribution is 0.103. The molecule has 0 spiro atoms. The quantitative estimate of drug-likeness (QED) is 0.594. The summed E-state index contributed by atoms with van der Waals surface area (Å²) in [5.74, 6) is -3.89. The van der Waals surface area contributed by atoms with Gasteiger partial charge in [-0.15, -0.1) is 0 Å². The second kappa shape index (κ2) is 5.05. The SMILES string of the molecule is Cc1ccc(C(=O)c2cc(F)c(F)cc2Cl)c(F)c1. The number of ketones is 1. The van der Waals surface area contributed by atoms with E-state index in [9.17, 15) is 18.0 Å². The van der Waals surface area contributed by atoms with Crippen LogP contribution in [0.5, 0.6) is 0 Å². The summed E-state index contributed by atoms with van der Waals surface area (Å²) in [5, 5.41) is -0.260. The van der Waals surface area contributed by atoms with E-state index in [-0.39, 0.29) is 16.1 Å². The van der Waals surface area contributed by atoms with Gasteiger partial charge in [0.15, 0.2) is 17.4 Å². The monoisotopic (exact) mass is 284 g/mol. The Hall–Kier alpha value is -1.81. The van der Waals surface area contributed by atoms with E-state index in [2.05, 4.69) is 0 Å². The first kappa shape index (κ1) is 13.6. The Morgan fingerprint density at radius 3 is 2.21 bits per heavy atom. The zero-order chi connectivity index (χ0) is 14.2. The van der Waals surface area contributed by atoms with Gasteiger partial charge >= 0.3 is 0 Å². The predicted octanol–water partition coefficient (Wildman–Crippen LogP) is 4.30. The van der Waals surface area contributed by atoms with Crippen molar-refractivity contribution in [2.24, 2.45) is 0 Å². The van der Waals surface area contributed by atoms with Gasteiger partial charge in [0.1, 0.15) is 5.82 Å². The molecule has 0 fully saturated rings. The fraction of sp³-hybridized carbons (Fsp3) is 0.0714. The molecular weight excluding hydrogens is 277 g/mol. The summed E-state index contributed by atoms with van der Waals surface area (Å²) >= 11 is 5.68. The molecule has 2 aromatic rings. The van der Waals surface area contributed by atoms with Crippen LogP contribution in [-0.2, 0) is 0 Å². The highest BCUT2D eigenvalue weighted by Crippen LogP contribution is 2.24. The third-order valence-electron chi connectivity index (χ3n) is 2.62. The van der Waals surface area contributed by atoms with E-state index in [1.165, 1.54) is 12.1 Å². The van der Waals surface area contributed by atoms with Gasteiger partial charge in [0, 0.05) is 5.56 Å². The maximum Gasteiger partial charge on any atom is 0.197 e. The minimum atomic E-state index is -1.21. The molecule has 0 N–H and O–H groups in total. The number of hydrogen-bond donors (Lipinski definition) is 0. The van der Waals surface area contributed by atoms with E-state index >= 15 is 0 Å². The summed E-state index contributed by atoms with van der Waals surface area (Å²) < 4.78 is 39.7. The molecule has 0 bridgehead atoms. The van der Waals surface area contributed by atoms with Crippen LogP contribution < -0.4 is 0 Å². The van der Waals surface area contributed by atoms with Gasteiger partial charge in [-0.25, -0.2) is 13.2 Å². The third kappa shape index (κ3) is 2.63. The van der Waals surface area contributed by atoms with Crippen LogP contribution in [0.3, 0.4) is 0 Å². The van der Waals surface area contributed by atoms with Crippen molar-refractivity contribution in [2.45, 2.75) is 6.92 Å². The van der Waals surface area contributed by atoms with Gasteiger partial charge in [0.2, 0.25) is 0 Å². The highest BCUT2D eigenvalue weighted by atomic mass is 35.5.